The van der Waals surface area contributed by atoms with Gasteiger partial charge in [-0.25, -0.2) is 8.78 Å². The van der Waals surface area contributed by atoms with E-state index in [1.165, 1.54) is 38.1 Å². The van der Waals surface area contributed by atoms with Crippen LogP contribution in [0.1, 0.15) is 35.7 Å². The number of halogens is 2. The van der Waals surface area contributed by atoms with Gasteiger partial charge >= 0.3 is 7.60 Å². The van der Waals surface area contributed by atoms with Crippen LogP contribution in [0.5, 0.6) is 0 Å². The second kappa shape index (κ2) is 10.0. The Morgan fingerprint density at radius 2 is 1.63 bits per heavy atom. The van der Waals surface area contributed by atoms with Crippen LogP contribution < -0.4 is 0 Å². The molecule has 0 aromatic heterocycles. The number of benzene rings is 2. The molecule has 0 aliphatic heterocycles. The summed E-state index contributed by atoms with van der Waals surface area (Å²) in [5, 5.41) is 7.96. The quantitative estimate of drug-likeness (QED) is 0.211. The van der Waals surface area contributed by atoms with Crippen molar-refractivity contribution in [1.29, 1.82) is 0 Å². The Kier molecular flexibility index (Phi) is 7.95. The third kappa shape index (κ3) is 4.80. The lowest BCUT2D eigenvalue weighted by molar-refractivity contribution is -0.485. The lowest BCUT2D eigenvalue weighted by Gasteiger charge is -2.35. The third-order valence-electron chi connectivity index (χ3n) is 4.42. The number of ketones is 1. The summed E-state index contributed by atoms with van der Waals surface area (Å²) in [6.45, 7) is 1.24. The predicted molar refractivity (Wildman–Crippen MR) is 106 cm³/mol. The van der Waals surface area contributed by atoms with Crippen molar-refractivity contribution in [3.63, 3.8) is 0 Å². The average Bonchev–Trinajstić information content (AvgIpc) is 2.72. The van der Waals surface area contributed by atoms with E-state index in [0.717, 1.165) is 24.3 Å². The van der Waals surface area contributed by atoms with Crippen molar-refractivity contribution in [2.75, 3.05) is 19.8 Å². The van der Waals surface area contributed by atoms with E-state index in [-0.39, 0.29) is 24.3 Å². The molecule has 0 N–H and O–H groups in total. The summed E-state index contributed by atoms with van der Waals surface area (Å²) in [6, 6.07) is 11.3. The first-order valence-corrected chi connectivity index (χ1v) is 10.8. The molecule has 30 heavy (non-hydrogen) atoms. The number of carbonyl (C=O) groups excluding carboxylic acids is 1. The van der Waals surface area contributed by atoms with Crippen LogP contribution in [-0.2, 0) is 13.6 Å². The average molecular weight is 441 g/mol. The molecule has 162 valence electrons. The summed E-state index contributed by atoms with van der Waals surface area (Å²) >= 11 is 0. The number of nitro groups is 1. The molecule has 0 radical (unpaired) electrons. The fourth-order valence-corrected chi connectivity index (χ4v) is 5.24. The number of nitrogens with zero attached hydrogens (tertiary/aromatic N) is 1. The molecule has 0 saturated carbocycles. The zero-order valence-electron chi connectivity index (χ0n) is 16.5. The van der Waals surface area contributed by atoms with E-state index < -0.39 is 42.0 Å². The lowest BCUT2D eigenvalue weighted by atomic mass is 9.89. The first kappa shape index (κ1) is 23.8. The Labute approximate surface area is 172 Å². The minimum atomic E-state index is -4.87. The molecular weight excluding hydrogens is 419 g/mol. The van der Waals surface area contributed by atoms with Gasteiger partial charge in [-0.15, -0.1) is 0 Å². The summed E-state index contributed by atoms with van der Waals surface area (Å²) in [5.74, 6) is -3.79. The van der Waals surface area contributed by atoms with Crippen molar-refractivity contribution in [1.82, 2.24) is 0 Å². The Bertz CT molecular complexity index is 915. The van der Waals surface area contributed by atoms with Crippen LogP contribution in [0, 0.1) is 15.9 Å². The standard InChI is InChI=1S/C20H22F2NO6P/c1-3-28-30(27,29-4-2)20(22,19(24)16-8-6-5-7-9-16)18(14-23(25)26)15-10-12-17(21)13-11-15/h5-13,18H,3-4,14H2,1-2H3/t18-,20-/m1/s1. The molecule has 2 aromatic rings. The first-order valence-electron chi connectivity index (χ1n) is 9.24. The molecule has 7 nitrogen and oxygen atoms in total. The highest BCUT2D eigenvalue weighted by Crippen LogP contribution is 2.66. The second-order valence-electron chi connectivity index (χ2n) is 6.32. The number of rotatable bonds is 11. The van der Waals surface area contributed by atoms with Crippen molar-refractivity contribution in [3.8, 4) is 0 Å². The maximum Gasteiger partial charge on any atom is 0.376 e. The summed E-state index contributed by atoms with van der Waals surface area (Å²) in [7, 11) is -4.87. The Morgan fingerprint density at radius 3 is 2.10 bits per heavy atom. The van der Waals surface area contributed by atoms with Gasteiger partial charge in [-0.1, -0.05) is 42.5 Å². The molecule has 10 heteroatoms. The second-order valence-corrected chi connectivity index (χ2v) is 8.48. The largest absolute Gasteiger partial charge is 0.376 e. The molecule has 2 atom stereocenters. The minimum absolute atomic E-state index is 0.0838. The SMILES string of the molecule is CCOP(=O)(OCC)[C@@](F)(C(=O)c1ccccc1)[C@H](C[N+](=O)[O-])c1ccc(F)cc1. The van der Waals surface area contributed by atoms with Gasteiger partial charge in [-0.05, 0) is 31.5 Å². The monoisotopic (exact) mass is 441 g/mol. The van der Waals surface area contributed by atoms with Gasteiger partial charge in [0.05, 0.1) is 13.2 Å². The van der Waals surface area contributed by atoms with E-state index in [9.17, 15) is 23.9 Å². The number of alkyl halides is 1. The molecule has 0 aliphatic carbocycles. The molecule has 2 aromatic carbocycles. The van der Waals surface area contributed by atoms with Crippen LogP contribution in [0.3, 0.4) is 0 Å². The van der Waals surface area contributed by atoms with Crippen LogP contribution in [0.25, 0.3) is 0 Å². The number of Topliss-reactive ketones (excluding diaryl/α,β-unsaturated/α-hetero) is 1. The molecule has 0 unspecified atom stereocenters. The number of carbonyl (C=O) groups is 1. The van der Waals surface area contributed by atoms with E-state index in [1.807, 2.05) is 0 Å². The van der Waals surface area contributed by atoms with Gasteiger partial charge in [-0.3, -0.25) is 19.5 Å². The Morgan fingerprint density at radius 1 is 1.10 bits per heavy atom. The zero-order chi connectivity index (χ0) is 22.4. The van der Waals surface area contributed by atoms with Crippen LogP contribution in [0.2, 0.25) is 0 Å². The molecule has 0 fully saturated rings. The highest BCUT2D eigenvalue weighted by molar-refractivity contribution is 7.56. The number of hydrogen-bond donors (Lipinski definition) is 0. The fraction of sp³-hybridized carbons (Fsp3) is 0.350. The maximum atomic E-state index is 16.8. The Hall–Kier alpha value is -2.48. The molecule has 0 heterocycles. The minimum Gasteiger partial charge on any atom is -0.306 e. The van der Waals surface area contributed by atoms with Gasteiger partial charge in [0.1, 0.15) is 11.7 Å². The van der Waals surface area contributed by atoms with Crippen molar-refractivity contribution < 1.29 is 32.1 Å². The van der Waals surface area contributed by atoms with Gasteiger partial charge in [0.15, 0.2) is 0 Å². The summed E-state index contributed by atoms with van der Waals surface area (Å²) in [6.07, 6.45) is 0. The topological polar surface area (TPSA) is 95.7 Å². The molecule has 0 spiro atoms. The molecule has 0 bridgehead atoms. The van der Waals surface area contributed by atoms with Crippen LogP contribution in [0.15, 0.2) is 54.6 Å². The highest BCUT2D eigenvalue weighted by Gasteiger charge is 2.64. The summed E-state index contributed by atoms with van der Waals surface area (Å²) in [5.41, 5.74) is -0.241. The normalized spacial score (nSPS) is 14.7. The van der Waals surface area contributed by atoms with Crippen molar-refractivity contribution >= 4 is 13.4 Å². The molecule has 0 saturated heterocycles. The highest BCUT2D eigenvalue weighted by atomic mass is 31.2. The lowest BCUT2D eigenvalue weighted by Crippen LogP contribution is -2.44. The van der Waals surface area contributed by atoms with E-state index in [2.05, 4.69) is 0 Å². The summed E-state index contributed by atoms with van der Waals surface area (Å²) in [4.78, 5) is 23.9. The van der Waals surface area contributed by atoms with Gasteiger partial charge in [0, 0.05) is 10.5 Å². The van der Waals surface area contributed by atoms with Crippen molar-refractivity contribution in [2.45, 2.75) is 25.2 Å². The van der Waals surface area contributed by atoms with E-state index >= 15 is 4.39 Å². The number of hydrogen-bond acceptors (Lipinski definition) is 6. The van der Waals surface area contributed by atoms with Crippen molar-refractivity contribution in [3.05, 3.63) is 81.7 Å². The maximum absolute atomic E-state index is 16.8. The zero-order valence-corrected chi connectivity index (χ0v) is 17.4. The van der Waals surface area contributed by atoms with Gasteiger partial charge in [-0.2, -0.15) is 0 Å². The molecule has 2 rings (SSSR count). The fourth-order valence-electron chi connectivity index (χ4n) is 3.12. The predicted octanol–water partition coefficient (Wildman–Crippen LogP) is 5.00. The molecule has 0 aliphatic rings. The van der Waals surface area contributed by atoms with Gasteiger partial charge in [0.2, 0.25) is 12.3 Å². The van der Waals surface area contributed by atoms with Crippen molar-refractivity contribution in [2.24, 2.45) is 0 Å². The van der Waals surface area contributed by atoms with Gasteiger partial charge in [0.25, 0.3) is 5.41 Å². The van der Waals surface area contributed by atoms with Crippen LogP contribution >= 0.6 is 7.60 Å². The smallest absolute Gasteiger partial charge is 0.306 e. The summed E-state index contributed by atoms with van der Waals surface area (Å²) < 4.78 is 54.1. The third-order valence-corrected chi connectivity index (χ3v) is 6.93. The van der Waals surface area contributed by atoms with Crippen LogP contribution in [0.4, 0.5) is 8.78 Å². The Balaban J connectivity index is 2.78. The van der Waals surface area contributed by atoms with E-state index in [0.29, 0.717) is 0 Å². The molecule has 0 amide bonds. The first-order chi connectivity index (χ1) is 14.2. The van der Waals surface area contributed by atoms with Gasteiger partial charge < -0.3 is 9.05 Å². The molecular formula is C20H22F2NO6P. The van der Waals surface area contributed by atoms with Crippen LogP contribution in [-0.4, -0.2) is 35.9 Å². The van der Waals surface area contributed by atoms with E-state index in [4.69, 9.17) is 9.05 Å². The van der Waals surface area contributed by atoms with E-state index in [1.54, 1.807) is 6.07 Å².